The molecule has 5 unspecified atom stereocenters. The molecule has 0 amide bonds. The number of rotatable bonds is 1. The molecule has 0 fully saturated rings. The molecule has 0 aromatic heterocycles. The van der Waals surface area contributed by atoms with Gasteiger partial charge in [-0.25, -0.2) is 0 Å². The normalized spacial score (nSPS) is 46.1. The zero-order valence-electron chi connectivity index (χ0n) is 8.90. The van der Waals surface area contributed by atoms with Crippen molar-refractivity contribution >= 4 is 0 Å². The number of aliphatic hydroxyl groups is 1. The fourth-order valence-electron chi connectivity index (χ4n) is 2.16. The predicted molar refractivity (Wildman–Crippen MR) is 53.4 cm³/mol. The Bertz CT molecular complexity index is 189. The van der Waals surface area contributed by atoms with Crippen molar-refractivity contribution in [2.75, 3.05) is 7.11 Å². The van der Waals surface area contributed by atoms with E-state index in [9.17, 15) is 5.11 Å². The molecule has 0 aromatic rings. The third kappa shape index (κ3) is 2.12. The van der Waals surface area contributed by atoms with E-state index in [1.54, 1.807) is 7.11 Å². The summed E-state index contributed by atoms with van der Waals surface area (Å²) in [6.07, 6.45) is 4.08. The summed E-state index contributed by atoms with van der Waals surface area (Å²) in [4.78, 5) is 0. The second-order valence-corrected chi connectivity index (χ2v) is 4.15. The molecule has 1 aliphatic rings. The van der Waals surface area contributed by atoms with Gasteiger partial charge in [-0.3, -0.25) is 0 Å². The van der Waals surface area contributed by atoms with Crippen molar-refractivity contribution in [2.24, 2.45) is 17.8 Å². The first kappa shape index (κ1) is 10.7. The van der Waals surface area contributed by atoms with E-state index in [4.69, 9.17) is 4.74 Å². The highest BCUT2D eigenvalue weighted by molar-refractivity contribution is 5.02. The first-order chi connectivity index (χ1) is 6.07. The van der Waals surface area contributed by atoms with Gasteiger partial charge in [0.15, 0.2) is 0 Å². The Morgan fingerprint density at radius 2 is 1.62 bits per heavy atom. The van der Waals surface area contributed by atoms with Crippen molar-refractivity contribution in [3.63, 3.8) is 0 Å². The van der Waals surface area contributed by atoms with Gasteiger partial charge in [-0.2, -0.15) is 0 Å². The van der Waals surface area contributed by atoms with Gasteiger partial charge in [0.05, 0.1) is 12.2 Å². The van der Waals surface area contributed by atoms with Crippen LogP contribution in [0, 0.1) is 17.8 Å². The van der Waals surface area contributed by atoms with Crippen molar-refractivity contribution < 1.29 is 9.84 Å². The zero-order chi connectivity index (χ0) is 10.0. The van der Waals surface area contributed by atoms with Crippen molar-refractivity contribution in [1.82, 2.24) is 0 Å². The Morgan fingerprint density at radius 1 is 1.08 bits per heavy atom. The van der Waals surface area contributed by atoms with E-state index in [1.165, 1.54) is 0 Å². The molecule has 0 saturated heterocycles. The maximum atomic E-state index is 9.91. The highest BCUT2D eigenvalue weighted by Gasteiger charge is 2.32. The van der Waals surface area contributed by atoms with Crippen molar-refractivity contribution in [1.29, 1.82) is 0 Å². The van der Waals surface area contributed by atoms with E-state index in [1.807, 2.05) is 6.92 Å². The Kier molecular flexibility index (Phi) is 3.51. The highest BCUT2D eigenvalue weighted by Crippen LogP contribution is 2.28. The molecule has 0 heterocycles. The van der Waals surface area contributed by atoms with Crippen LogP contribution in [-0.2, 0) is 4.74 Å². The summed E-state index contributed by atoms with van der Waals surface area (Å²) in [7, 11) is 1.72. The molecular weight excluding hydrogens is 164 g/mol. The highest BCUT2D eigenvalue weighted by atomic mass is 16.5. The van der Waals surface area contributed by atoms with Crippen molar-refractivity contribution in [2.45, 2.75) is 33.0 Å². The summed E-state index contributed by atoms with van der Waals surface area (Å²) >= 11 is 0. The number of hydrogen-bond donors (Lipinski definition) is 1. The van der Waals surface area contributed by atoms with Crippen LogP contribution in [0.4, 0.5) is 0 Å². The largest absolute Gasteiger partial charge is 0.392 e. The third-order valence-electron chi connectivity index (χ3n) is 3.10. The minimum Gasteiger partial charge on any atom is -0.392 e. The molecule has 0 saturated carbocycles. The predicted octanol–water partition coefficient (Wildman–Crippen LogP) is 1.84. The van der Waals surface area contributed by atoms with E-state index in [0.717, 1.165) is 0 Å². The Balaban J connectivity index is 2.81. The van der Waals surface area contributed by atoms with Crippen LogP contribution in [0.25, 0.3) is 0 Å². The van der Waals surface area contributed by atoms with Gasteiger partial charge in [0, 0.05) is 24.9 Å². The second-order valence-electron chi connectivity index (χ2n) is 4.15. The molecule has 0 radical (unpaired) electrons. The van der Waals surface area contributed by atoms with E-state index in [2.05, 4.69) is 26.0 Å². The fraction of sp³-hybridized carbons (Fsp3) is 0.818. The first-order valence-corrected chi connectivity index (χ1v) is 4.97. The minimum absolute atomic E-state index is 0.135. The maximum Gasteiger partial charge on any atom is 0.0681 e. The Hall–Kier alpha value is -0.340. The molecule has 76 valence electrons. The molecule has 13 heavy (non-hydrogen) atoms. The molecule has 0 aliphatic heterocycles. The van der Waals surface area contributed by atoms with E-state index >= 15 is 0 Å². The molecule has 0 aromatic carbocycles. The number of ether oxygens (including phenoxy) is 1. The standard InChI is InChI=1S/C11H20O2/c1-7-5-6-8(2)11(13-4)9(3)10(7)12/h5-12H,1-4H3. The van der Waals surface area contributed by atoms with E-state index < -0.39 is 0 Å². The molecular formula is C11H20O2. The topological polar surface area (TPSA) is 29.5 Å². The van der Waals surface area contributed by atoms with E-state index in [-0.39, 0.29) is 24.0 Å². The van der Waals surface area contributed by atoms with Crippen LogP contribution in [-0.4, -0.2) is 24.4 Å². The Morgan fingerprint density at radius 3 is 2.15 bits per heavy atom. The lowest BCUT2D eigenvalue weighted by atomic mass is 9.88. The molecule has 1 N–H and O–H groups in total. The molecule has 5 atom stereocenters. The van der Waals surface area contributed by atoms with Crippen LogP contribution in [0.1, 0.15) is 20.8 Å². The monoisotopic (exact) mass is 184 g/mol. The molecule has 1 rings (SSSR count). The summed E-state index contributed by atoms with van der Waals surface area (Å²) in [5.74, 6) is 0.821. The lowest BCUT2D eigenvalue weighted by molar-refractivity contribution is -0.0303. The smallest absolute Gasteiger partial charge is 0.0681 e. The van der Waals surface area contributed by atoms with Gasteiger partial charge in [0.1, 0.15) is 0 Å². The van der Waals surface area contributed by atoms with Crippen LogP contribution in [0.3, 0.4) is 0 Å². The van der Waals surface area contributed by atoms with Crippen LogP contribution >= 0.6 is 0 Å². The molecule has 2 nitrogen and oxygen atoms in total. The van der Waals surface area contributed by atoms with Crippen LogP contribution in [0.2, 0.25) is 0 Å². The molecule has 1 aliphatic carbocycles. The number of methoxy groups -OCH3 is 1. The minimum atomic E-state index is -0.286. The summed E-state index contributed by atoms with van der Waals surface area (Å²) < 4.78 is 5.40. The van der Waals surface area contributed by atoms with Gasteiger partial charge in [-0.1, -0.05) is 32.9 Å². The van der Waals surface area contributed by atoms with Crippen molar-refractivity contribution in [3.8, 4) is 0 Å². The fourth-order valence-corrected chi connectivity index (χ4v) is 2.16. The second kappa shape index (κ2) is 4.25. The lowest BCUT2D eigenvalue weighted by Crippen LogP contribution is -2.35. The van der Waals surface area contributed by atoms with Gasteiger partial charge < -0.3 is 9.84 Å². The third-order valence-corrected chi connectivity index (χ3v) is 3.10. The van der Waals surface area contributed by atoms with Crippen LogP contribution in [0.5, 0.6) is 0 Å². The first-order valence-electron chi connectivity index (χ1n) is 4.97. The summed E-state index contributed by atoms with van der Waals surface area (Å²) in [5, 5.41) is 9.91. The lowest BCUT2D eigenvalue weighted by Gasteiger charge is -2.29. The van der Waals surface area contributed by atoms with Crippen molar-refractivity contribution in [3.05, 3.63) is 12.2 Å². The quantitative estimate of drug-likeness (QED) is 0.630. The summed E-state index contributed by atoms with van der Waals surface area (Å²) in [6, 6.07) is 0. The van der Waals surface area contributed by atoms with Gasteiger partial charge >= 0.3 is 0 Å². The maximum absolute atomic E-state index is 9.91. The average molecular weight is 184 g/mol. The zero-order valence-corrected chi connectivity index (χ0v) is 8.90. The average Bonchev–Trinajstić information content (AvgIpc) is 2.20. The number of hydrogen-bond acceptors (Lipinski definition) is 2. The van der Waals surface area contributed by atoms with Gasteiger partial charge in [0.2, 0.25) is 0 Å². The summed E-state index contributed by atoms with van der Waals surface area (Å²) in [5.41, 5.74) is 0. The van der Waals surface area contributed by atoms with Gasteiger partial charge in [-0.05, 0) is 0 Å². The Labute approximate surface area is 80.6 Å². The molecule has 0 bridgehead atoms. The molecule has 0 spiro atoms. The molecule has 2 heteroatoms. The summed E-state index contributed by atoms with van der Waals surface area (Å²) in [6.45, 7) is 6.23. The van der Waals surface area contributed by atoms with Crippen LogP contribution < -0.4 is 0 Å². The SMILES string of the molecule is COC1C(C)C=CC(C)C(O)C1C. The van der Waals surface area contributed by atoms with Gasteiger partial charge in [0.25, 0.3) is 0 Å². The number of aliphatic hydroxyl groups excluding tert-OH is 1. The van der Waals surface area contributed by atoms with E-state index in [0.29, 0.717) is 5.92 Å². The van der Waals surface area contributed by atoms with Gasteiger partial charge in [-0.15, -0.1) is 0 Å². The van der Waals surface area contributed by atoms with Crippen LogP contribution in [0.15, 0.2) is 12.2 Å².